The first-order valence-corrected chi connectivity index (χ1v) is 7.79. The monoisotopic (exact) mass is 271 g/mol. The van der Waals surface area contributed by atoms with E-state index in [-0.39, 0.29) is 0 Å². The molecule has 0 aromatic rings. The molecule has 4 heteroatoms. The Labute approximate surface area is 119 Å². The number of rotatable bonds is 9. The van der Waals surface area contributed by atoms with E-state index in [0.29, 0.717) is 12.5 Å². The summed E-state index contributed by atoms with van der Waals surface area (Å²) in [6.45, 7) is 12.7. The molecule has 0 aromatic carbocycles. The van der Waals surface area contributed by atoms with Gasteiger partial charge in [-0.25, -0.2) is 0 Å². The molecule has 19 heavy (non-hydrogen) atoms. The van der Waals surface area contributed by atoms with Crippen molar-refractivity contribution in [2.24, 2.45) is 10.9 Å². The molecule has 0 aliphatic rings. The summed E-state index contributed by atoms with van der Waals surface area (Å²) in [5.74, 6) is 1.50. The fraction of sp³-hybridized carbons (Fsp3) is 0.933. The van der Waals surface area contributed by atoms with E-state index in [9.17, 15) is 5.11 Å². The van der Waals surface area contributed by atoms with Crippen LogP contribution in [-0.2, 0) is 0 Å². The van der Waals surface area contributed by atoms with Crippen molar-refractivity contribution in [3.63, 3.8) is 0 Å². The van der Waals surface area contributed by atoms with E-state index in [2.05, 4.69) is 36.4 Å². The van der Waals surface area contributed by atoms with Crippen LogP contribution < -0.4 is 10.6 Å². The summed E-state index contributed by atoms with van der Waals surface area (Å²) in [4.78, 5) is 4.51. The van der Waals surface area contributed by atoms with Gasteiger partial charge in [-0.3, -0.25) is 4.99 Å². The molecule has 0 bridgehead atoms. The molecule has 0 saturated carbocycles. The third-order valence-corrected chi connectivity index (χ3v) is 3.90. The minimum atomic E-state index is -0.669. The summed E-state index contributed by atoms with van der Waals surface area (Å²) in [5.41, 5.74) is -0.669. The molecule has 0 aliphatic carbocycles. The van der Waals surface area contributed by atoms with Crippen molar-refractivity contribution in [2.45, 2.75) is 65.9 Å². The van der Waals surface area contributed by atoms with Crippen LogP contribution in [-0.4, -0.2) is 36.3 Å². The lowest BCUT2D eigenvalue weighted by atomic mass is 9.98. The Morgan fingerprint density at radius 2 is 1.63 bits per heavy atom. The van der Waals surface area contributed by atoms with Gasteiger partial charge in [-0.2, -0.15) is 0 Å². The van der Waals surface area contributed by atoms with Crippen LogP contribution in [0.4, 0.5) is 0 Å². The quantitative estimate of drug-likeness (QED) is 0.446. The van der Waals surface area contributed by atoms with Crippen molar-refractivity contribution >= 4 is 5.96 Å². The molecule has 3 N–H and O–H groups in total. The van der Waals surface area contributed by atoms with E-state index >= 15 is 0 Å². The van der Waals surface area contributed by atoms with Gasteiger partial charge in [-0.15, -0.1) is 0 Å². The van der Waals surface area contributed by atoms with E-state index in [1.807, 2.05) is 13.8 Å². The highest BCUT2D eigenvalue weighted by atomic mass is 16.3. The lowest BCUT2D eigenvalue weighted by Crippen LogP contribution is -2.41. The van der Waals surface area contributed by atoms with Gasteiger partial charge in [0, 0.05) is 13.1 Å². The van der Waals surface area contributed by atoms with Gasteiger partial charge in [0.15, 0.2) is 5.96 Å². The van der Waals surface area contributed by atoms with E-state index in [1.165, 1.54) is 12.8 Å². The Morgan fingerprint density at radius 1 is 1.05 bits per heavy atom. The van der Waals surface area contributed by atoms with Crippen LogP contribution in [0.2, 0.25) is 0 Å². The van der Waals surface area contributed by atoms with Crippen LogP contribution in [0.1, 0.15) is 60.3 Å². The standard InChI is InChI=1S/C15H33N3O/c1-6-13(7-2)11-17-14(16-10-5)18-12-15(19,8-3)9-4/h13,19H,6-12H2,1-5H3,(H2,16,17,18). The van der Waals surface area contributed by atoms with Crippen molar-refractivity contribution in [1.82, 2.24) is 10.6 Å². The fourth-order valence-corrected chi connectivity index (χ4v) is 1.86. The number of guanidine groups is 1. The molecule has 0 spiro atoms. The summed E-state index contributed by atoms with van der Waals surface area (Å²) in [6, 6.07) is 0. The van der Waals surface area contributed by atoms with Gasteiger partial charge in [0.05, 0.1) is 12.1 Å². The minimum absolute atomic E-state index is 0.457. The second-order valence-electron chi connectivity index (χ2n) is 5.19. The molecule has 0 heterocycles. The SMILES string of the molecule is CCNC(=NCC(O)(CC)CC)NCC(CC)CC. The molecule has 0 aliphatic heterocycles. The van der Waals surface area contributed by atoms with E-state index in [0.717, 1.165) is 31.9 Å². The van der Waals surface area contributed by atoms with Gasteiger partial charge in [0.25, 0.3) is 0 Å². The topological polar surface area (TPSA) is 56.7 Å². The maximum absolute atomic E-state index is 10.3. The second kappa shape index (κ2) is 10.1. The Kier molecular flexibility index (Phi) is 9.66. The maximum Gasteiger partial charge on any atom is 0.191 e. The highest BCUT2D eigenvalue weighted by molar-refractivity contribution is 5.79. The van der Waals surface area contributed by atoms with Crippen LogP contribution in [0.3, 0.4) is 0 Å². The number of nitrogens with zero attached hydrogens (tertiary/aromatic N) is 1. The molecule has 114 valence electrons. The molecule has 0 saturated heterocycles. The number of nitrogens with one attached hydrogen (secondary N) is 2. The maximum atomic E-state index is 10.3. The number of aliphatic hydroxyl groups is 1. The van der Waals surface area contributed by atoms with Gasteiger partial charge < -0.3 is 15.7 Å². The first-order valence-electron chi connectivity index (χ1n) is 7.79. The molecular weight excluding hydrogens is 238 g/mol. The lowest BCUT2D eigenvalue weighted by molar-refractivity contribution is 0.0418. The highest BCUT2D eigenvalue weighted by Gasteiger charge is 2.21. The fourth-order valence-electron chi connectivity index (χ4n) is 1.86. The molecule has 0 aromatic heterocycles. The third kappa shape index (κ3) is 7.41. The van der Waals surface area contributed by atoms with Crippen molar-refractivity contribution in [1.29, 1.82) is 0 Å². The number of hydrogen-bond donors (Lipinski definition) is 3. The normalized spacial score (nSPS) is 12.9. The van der Waals surface area contributed by atoms with E-state index in [4.69, 9.17) is 0 Å². The molecule has 0 atom stereocenters. The Hall–Kier alpha value is -0.770. The average Bonchev–Trinajstić information content (AvgIpc) is 2.45. The third-order valence-electron chi connectivity index (χ3n) is 3.90. The first kappa shape index (κ1) is 18.2. The predicted molar refractivity (Wildman–Crippen MR) is 83.6 cm³/mol. The zero-order chi connectivity index (χ0) is 14.7. The van der Waals surface area contributed by atoms with Crippen LogP contribution in [0.15, 0.2) is 4.99 Å². The lowest BCUT2D eigenvalue weighted by Gasteiger charge is -2.24. The molecular formula is C15H33N3O. The molecule has 0 fully saturated rings. The minimum Gasteiger partial charge on any atom is -0.388 e. The highest BCUT2D eigenvalue weighted by Crippen LogP contribution is 2.14. The summed E-state index contributed by atoms with van der Waals surface area (Å²) in [6.07, 6.45) is 3.82. The number of aliphatic imine (C=N–C) groups is 1. The van der Waals surface area contributed by atoms with Gasteiger partial charge >= 0.3 is 0 Å². The van der Waals surface area contributed by atoms with Crippen molar-refractivity contribution in [3.8, 4) is 0 Å². The zero-order valence-corrected chi connectivity index (χ0v) is 13.4. The number of hydrogen-bond acceptors (Lipinski definition) is 2. The van der Waals surface area contributed by atoms with Crippen molar-refractivity contribution < 1.29 is 5.11 Å². The van der Waals surface area contributed by atoms with Crippen LogP contribution in [0.5, 0.6) is 0 Å². The smallest absolute Gasteiger partial charge is 0.191 e. The molecule has 0 unspecified atom stereocenters. The average molecular weight is 271 g/mol. The van der Waals surface area contributed by atoms with E-state index < -0.39 is 5.60 Å². The van der Waals surface area contributed by atoms with Gasteiger partial charge in [0.1, 0.15) is 0 Å². The zero-order valence-electron chi connectivity index (χ0n) is 13.4. The van der Waals surface area contributed by atoms with Crippen molar-refractivity contribution in [2.75, 3.05) is 19.6 Å². The Balaban J connectivity index is 4.45. The summed E-state index contributed by atoms with van der Waals surface area (Å²) >= 11 is 0. The summed E-state index contributed by atoms with van der Waals surface area (Å²) in [7, 11) is 0. The molecule has 0 rings (SSSR count). The first-order chi connectivity index (χ1) is 9.05. The second-order valence-corrected chi connectivity index (χ2v) is 5.19. The van der Waals surface area contributed by atoms with E-state index in [1.54, 1.807) is 0 Å². The van der Waals surface area contributed by atoms with Gasteiger partial charge in [0.2, 0.25) is 0 Å². The van der Waals surface area contributed by atoms with Gasteiger partial charge in [-0.1, -0.05) is 40.5 Å². The van der Waals surface area contributed by atoms with Crippen LogP contribution in [0.25, 0.3) is 0 Å². The predicted octanol–water partition coefficient (Wildman–Crippen LogP) is 2.53. The Bertz CT molecular complexity index is 246. The van der Waals surface area contributed by atoms with Crippen molar-refractivity contribution in [3.05, 3.63) is 0 Å². The largest absolute Gasteiger partial charge is 0.388 e. The summed E-state index contributed by atoms with van der Waals surface area (Å²) < 4.78 is 0. The molecule has 0 radical (unpaired) electrons. The molecule has 4 nitrogen and oxygen atoms in total. The van der Waals surface area contributed by atoms with Crippen LogP contribution in [0, 0.1) is 5.92 Å². The molecule has 0 amide bonds. The summed E-state index contributed by atoms with van der Waals surface area (Å²) in [5, 5.41) is 16.9. The van der Waals surface area contributed by atoms with Gasteiger partial charge in [-0.05, 0) is 25.7 Å². The Morgan fingerprint density at radius 3 is 2.05 bits per heavy atom. The van der Waals surface area contributed by atoms with Crippen LogP contribution >= 0.6 is 0 Å².